The van der Waals surface area contributed by atoms with Crippen molar-refractivity contribution in [1.82, 2.24) is 0 Å². The average Bonchev–Trinajstić information content (AvgIpc) is 2.74. The number of hydrogen-bond acceptors (Lipinski definition) is 5. The normalized spacial score (nSPS) is 10.6. The zero-order valence-corrected chi connectivity index (χ0v) is 16.1. The molecule has 0 spiro atoms. The highest BCUT2D eigenvalue weighted by Gasteiger charge is 2.08. The van der Waals surface area contributed by atoms with Crippen LogP contribution in [-0.4, -0.2) is 16.8 Å². The molecule has 0 aliphatic carbocycles. The van der Waals surface area contributed by atoms with Crippen LogP contribution in [0.15, 0.2) is 78.9 Å². The number of carbonyl (C=O) groups excluding carboxylic acids is 2. The van der Waals surface area contributed by atoms with Crippen molar-refractivity contribution in [1.29, 1.82) is 0 Å². The van der Waals surface area contributed by atoms with Crippen molar-refractivity contribution in [3.8, 4) is 5.75 Å². The summed E-state index contributed by atoms with van der Waals surface area (Å²) in [6.07, 6.45) is 2.61. The molecule has 0 atom stereocenters. The maximum atomic E-state index is 12.3. The number of non-ortho nitro benzene ring substituents is 1. The molecule has 1 N–H and O–H groups in total. The van der Waals surface area contributed by atoms with Gasteiger partial charge in [0.2, 0.25) is 0 Å². The summed E-state index contributed by atoms with van der Waals surface area (Å²) in [5, 5.41) is 13.6. The highest BCUT2D eigenvalue weighted by molar-refractivity contribution is 6.04. The minimum atomic E-state index is -0.640. The van der Waals surface area contributed by atoms with E-state index >= 15 is 0 Å². The number of nitro benzene ring substituents is 1. The van der Waals surface area contributed by atoms with E-state index in [4.69, 9.17) is 4.74 Å². The zero-order valence-electron chi connectivity index (χ0n) is 16.1. The predicted molar refractivity (Wildman–Crippen MR) is 113 cm³/mol. The van der Waals surface area contributed by atoms with E-state index in [1.54, 1.807) is 18.2 Å². The van der Waals surface area contributed by atoms with Gasteiger partial charge in [-0.3, -0.25) is 14.9 Å². The third kappa shape index (κ3) is 5.62. The summed E-state index contributed by atoms with van der Waals surface area (Å²) >= 11 is 0. The third-order valence-corrected chi connectivity index (χ3v) is 4.14. The van der Waals surface area contributed by atoms with Gasteiger partial charge in [0.25, 0.3) is 11.6 Å². The number of esters is 1. The first-order chi connectivity index (χ1) is 14.4. The van der Waals surface area contributed by atoms with Gasteiger partial charge in [-0.15, -0.1) is 0 Å². The Morgan fingerprint density at radius 2 is 1.70 bits per heavy atom. The molecule has 30 heavy (non-hydrogen) atoms. The number of hydrogen-bond donors (Lipinski definition) is 1. The number of amides is 1. The molecule has 0 fully saturated rings. The summed E-state index contributed by atoms with van der Waals surface area (Å²) < 4.78 is 5.19. The van der Waals surface area contributed by atoms with Crippen LogP contribution in [-0.2, 0) is 4.79 Å². The maximum absolute atomic E-state index is 12.3. The Labute approximate surface area is 172 Å². The Kier molecular flexibility index (Phi) is 6.34. The van der Waals surface area contributed by atoms with Gasteiger partial charge in [0.15, 0.2) is 0 Å². The van der Waals surface area contributed by atoms with Crippen molar-refractivity contribution < 1.29 is 19.2 Å². The number of ether oxygens (including phenoxy) is 1. The van der Waals surface area contributed by atoms with Crippen molar-refractivity contribution in [3.63, 3.8) is 0 Å². The first kappa shape index (κ1) is 20.5. The minimum absolute atomic E-state index is 0.0648. The van der Waals surface area contributed by atoms with Gasteiger partial charge in [-0.2, -0.15) is 0 Å². The van der Waals surface area contributed by atoms with E-state index in [-0.39, 0.29) is 17.3 Å². The van der Waals surface area contributed by atoms with E-state index in [0.29, 0.717) is 16.8 Å². The Morgan fingerprint density at radius 1 is 1.00 bits per heavy atom. The molecule has 150 valence electrons. The summed E-state index contributed by atoms with van der Waals surface area (Å²) in [7, 11) is 0. The summed E-state index contributed by atoms with van der Waals surface area (Å²) in [4.78, 5) is 34.5. The summed E-state index contributed by atoms with van der Waals surface area (Å²) in [5.74, 6) is -0.642. The molecule has 3 aromatic rings. The average molecular weight is 402 g/mol. The summed E-state index contributed by atoms with van der Waals surface area (Å²) in [5.41, 5.74) is 2.64. The van der Waals surface area contributed by atoms with Crippen molar-refractivity contribution in [3.05, 3.63) is 106 Å². The Morgan fingerprint density at radius 3 is 2.37 bits per heavy atom. The van der Waals surface area contributed by atoms with Gasteiger partial charge >= 0.3 is 5.97 Å². The number of nitro groups is 1. The number of nitrogens with one attached hydrogen (secondary N) is 1. The Balaban J connectivity index is 1.58. The molecule has 0 aromatic heterocycles. The van der Waals surface area contributed by atoms with Gasteiger partial charge in [-0.1, -0.05) is 29.8 Å². The Bertz CT molecular complexity index is 1100. The molecule has 7 heteroatoms. The molecule has 0 heterocycles. The van der Waals surface area contributed by atoms with Crippen molar-refractivity contribution in [2.24, 2.45) is 0 Å². The van der Waals surface area contributed by atoms with Crippen LogP contribution in [0.2, 0.25) is 0 Å². The van der Waals surface area contributed by atoms with Crippen molar-refractivity contribution in [2.45, 2.75) is 6.92 Å². The largest absolute Gasteiger partial charge is 0.423 e. The standard InChI is InChI=1S/C23H18N2O5/c1-16-5-10-19(11-6-16)24-23(27)18-8-12-21(13-9-18)30-22(26)14-7-17-3-2-4-20(15-17)25(28)29/h2-15H,1H3,(H,24,27)/b14-7+. The van der Waals surface area contributed by atoms with E-state index in [1.165, 1.54) is 42.5 Å². The SMILES string of the molecule is Cc1ccc(NC(=O)c2ccc(OC(=O)/C=C/c3cccc([N+](=O)[O-])c3)cc2)cc1. The van der Waals surface area contributed by atoms with Gasteiger partial charge in [0.1, 0.15) is 5.75 Å². The molecular weight excluding hydrogens is 384 g/mol. The van der Waals surface area contributed by atoms with Gasteiger partial charge in [0, 0.05) is 29.5 Å². The third-order valence-electron chi connectivity index (χ3n) is 4.14. The lowest BCUT2D eigenvalue weighted by Gasteiger charge is -2.06. The second-order valence-corrected chi connectivity index (χ2v) is 6.45. The highest BCUT2D eigenvalue weighted by atomic mass is 16.6. The lowest BCUT2D eigenvalue weighted by Crippen LogP contribution is -2.12. The fourth-order valence-corrected chi connectivity index (χ4v) is 2.57. The molecule has 3 rings (SSSR count). The summed E-state index contributed by atoms with van der Waals surface area (Å²) in [6.45, 7) is 1.96. The molecular formula is C23H18N2O5. The van der Waals surface area contributed by atoms with Gasteiger partial charge in [0.05, 0.1) is 4.92 Å². The van der Waals surface area contributed by atoms with E-state index < -0.39 is 10.9 Å². The van der Waals surface area contributed by atoms with Crippen LogP contribution < -0.4 is 10.1 Å². The van der Waals surface area contributed by atoms with Crippen molar-refractivity contribution >= 4 is 29.3 Å². The van der Waals surface area contributed by atoms with Crippen LogP contribution in [0.4, 0.5) is 11.4 Å². The molecule has 1 amide bonds. The first-order valence-electron chi connectivity index (χ1n) is 9.03. The predicted octanol–water partition coefficient (Wildman–Crippen LogP) is 4.77. The molecule has 0 saturated carbocycles. The highest BCUT2D eigenvalue weighted by Crippen LogP contribution is 2.17. The van der Waals surface area contributed by atoms with Crippen LogP contribution in [0, 0.1) is 17.0 Å². The van der Waals surface area contributed by atoms with Gasteiger partial charge in [-0.05, 0) is 55.0 Å². The van der Waals surface area contributed by atoms with Crippen LogP contribution in [0.3, 0.4) is 0 Å². The number of anilines is 1. The molecule has 0 radical (unpaired) electrons. The second-order valence-electron chi connectivity index (χ2n) is 6.45. The fourth-order valence-electron chi connectivity index (χ4n) is 2.57. The number of nitrogens with zero attached hydrogens (tertiary/aromatic N) is 1. The quantitative estimate of drug-likeness (QED) is 0.210. The molecule has 0 aliphatic heterocycles. The van der Waals surface area contributed by atoms with Gasteiger partial charge < -0.3 is 10.1 Å². The number of carbonyl (C=O) groups is 2. The lowest BCUT2D eigenvalue weighted by molar-refractivity contribution is -0.384. The molecule has 0 bridgehead atoms. The summed E-state index contributed by atoms with van der Waals surface area (Å²) in [6, 6.07) is 19.5. The monoisotopic (exact) mass is 402 g/mol. The molecule has 3 aromatic carbocycles. The minimum Gasteiger partial charge on any atom is -0.423 e. The topological polar surface area (TPSA) is 98.5 Å². The van der Waals surface area contributed by atoms with Crippen LogP contribution >= 0.6 is 0 Å². The number of benzene rings is 3. The van der Waals surface area contributed by atoms with Crippen LogP contribution in [0.5, 0.6) is 5.75 Å². The molecule has 0 unspecified atom stereocenters. The fraction of sp³-hybridized carbons (Fsp3) is 0.0435. The van der Waals surface area contributed by atoms with E-state index in [1.807, 2.05) is 31.2 Å². The lowest BCUT2D eigenvalue weighted by atomic mass is 10.2. The number of aryl methyl sites for hydroxylation is 1. The maximum Gasteiger partial charge on any atom is 0.336 e. The van der Waals surface area contributed by atoms with Crippen LogP contribution in [0.1, 0.15) is 21.5 Å². The first-order valence-corrected chi connectivity index (χ1v) is 9.03. The smallest absolute Gasteiger partial charge is 0.336 e. The van der Waals surface area contributed by atoms with E-state index in [2.05, 4.69) is 5.32 Å². The van der Waals surface area contributed by atoms with Crippen LogP contribution in [0.25, 0.3) is 6.08 Å². The second kappa shape index (κ2) is 9.29. The molecule has 0 aliphatic rings. The molecule has 0 saturated heterocycles. The Hall–Kier alpha value is -4.26. The molecule has 7 nitrogen and oxygen atoms in total. The number of rotatable bonds is 6. The zero-order chi connectivity index (χ0) is 21.5. The van der Waals surface area contributed by atoms with E-state index in [9.17, 15) is 19.7 Å². The van der Waals surface area contributed by atoms with Crippen molar-refractivity contribution in [2.75, 3.05) is 5.32 Å². The van der Waals surface area contributed by atoms with E-state index in [0.717, 1.165) is 5.56 Å². The van der Waals surface area contributed by atoms with Gasteiger partial charge in [-0.25, -0.2) is 4.79 Å².